The zero-order valence-electron chi connectivity index (χ0n) is 16.1. The summed E-state index contributed by atoms with van der Waals surface area (Å²) in [5.74, 6) is 0.817. The molecule has 3 fully saturated rings. The molecule has 0 spiro atoms. The highest BCUT2D eigenvalue weighted by molar-refractivity contribution is 5.82. The van der Waals surface area contributed by atoms with E-state index in [1.54, 1.807) is 0 Å². The third-order valence-corrected chi connectivity index (χ3v) is 7.14. The fourth-order valence-corrected chi connectivity index (χ4v) is 5.11. The number of hydrogen-bond donors (Lipinski definition) is 2. The summed E-state index contributed by atoms with van der Waals surface area (Å²) in [6.07, 6.45) is 13.5. The van der Waals surface area contributed by atoms with Gasteiger partial charge in [0, 0.05) is 24.4 Å². The van der Waals surface area contributed by atoms with Gasteiger partial charge in [0.15, 0.2) is 0 Å². The molecule has 0 aromatic heterocycles. The normalized spacial score (nSPS) is 30.3. The first-order chi connectivity index (χ1) is 12.0. The lowest BCUT2D eigenvalue weighted by Gasteiger charge is -2.51. The van der Waals surface area contributed by atoms with Gasteiger partial charge in [-0.15, -0.1) is 0 Å². The van der Waals surface area contributed by atoms with Gasteiger partial charge in [0.2, 0.25) is 11.8 Å². The van der Waals surface area contributed by atoms with Gasteiger partial charge in [-0.2, -0.15) is 0 Å². The van der Waals surface area contributed by atoms with E-state index >= 15 is 0 Å². The molecule has 2 atom stereocenters. The molecule has 0 heterocycles. The van der Waals surface area contributed by atoms with E-state index in [9.17, 15) is 9.59 Å². The van der Waals surface area contributed by atoms with E-state index in [4.69, 9.17) is 0 Å². The van der Waals surface area contributed by atoms with Crippen LogP contribution in [0.4, 0.5) is 0 Å². The van der Waals surface area contributed by atoms with Crippen LogP contribution in [0.3, 0.4) is 0 Å². The lowest BCUT2D eigenvalue weighted by atomic mass is 9.53. The van der Waals surface area contributed by atoms with Crippen LogP contribution in [0.2, 0.25) is 0 Å². The largest absolute Gasteiger partial charge is 0.353 e. The van der Waals surface area contributed by atoms with Crippen molar-refractivity contribution in [2.24, 2.45) is 17.3 Å². The molecular formula is C21H36N2O2. The van der Waals surface area contributed by atoms with Gasteiger partial charge in [0.25, 0.3) is 0 Å². The highest BCUT2D eigenvalue weighted by Gasteiger charge is 2.52. The monoisotopic (exact) mass is 348 g/mol. The van der Waals surface area contributed by atoms with Crippen molar-refractivity contribution in [1.82, 2.24) is 10.6 Å². The van der Waals surface area contributed by atoms with Crippen LogP contribution in [0.5, 0.6) is 0 Å². The predicted octanol–water partition coefficient (Wildman–Crippen LogP) is 3.94. The molecule has 3 saturated carbocycles. The van der Waals surface area contributed by atoms with E-state index < -0.39 is 0 Å². The van der Waals surface area contributed by atoms with Crippen LogP contribution in [0, 0.1) is 17.3 Å². The van der Waals surface area contributed by atoms with Crippen molar-refractivity contribution in [3.8, 4) is 0 Å². The molecule has 0 aromatic carbocycles. The summed E-state index contributed by atoms with van der Waals surface area (Å²) in [6, 6.07) is 0.764. The Labute approximate surface area is 152 Å². The number of hydrogen-bond acceptors (Lipinski definition) is 2. The maximum atomic E-state index is 12.6. The third kappa shape index (κ3) is 4.57. The summed E-state index contributed by atoms with van der Waals surface area (Å²) in [4.78, 5) is 25.0. The Kier molecular flexibility index (Phi) is 6.06. The summed E-state index contributed by atoms with van der Waals surface area (Å²) < 4.78 is 0. The summed E-state index contributed by atoms with van der Waals surface area (Å²) in [5.41, 5.74) is -0.0668. The van der Waals surface area contributed by atoms with E-state index in [1.807, 2.05) is 0 Å². The summed E-state index contributed by atoms with van der Waals surface area (Å²) >= 11 is 0. The minimum absolute atomic E-state index is 0.0668. The van der Waals surface area contributed by atoms with E-state index in [-0.39, 0.29) is 23.1 Å². The smallest absolute Gasteiger partial charge is 0.223 e. The summed E-state index contributed by atoms with van der Waals surface area (Å²) in [6.45, 7) is 4.33. The van der Waals surface area contributed by atoms with E-state index in [2.05, 4.69) is 24.5 Å². The minimum atomic E-state index is -0.0668. The van der Waals surface area contributed by atoms with Gasteiger partial charge in [-0.3, -0.25) is 9.59 Å². The molecule has 0 unspecified atom stereocenters. The van der Waals surface area contributed by atoms with Crippen LogP contribution < -0.4 is 10.6 Å². The number of rotatable bonds is 5. The molecule has 4 nitrogen and oxygen atoms in total. The number of carbonyl (C=O) groups is 2. The van der Waals surface area contributed by atoms with Crippen LogP contribution >= 0.6 is 0 Å². The van der Waals surface area contributed by atoms with Crippen molar-refractivity contribution < 1.29 is 9.59 Å². The summed E-state index contributed by atoms with van der Waals surface area (Å²) in [5, 5.41) is 6.50. The van der Waals surface area contributed by atoms with Gasteiger partial charge in [-0.1, -0.05) is 52.4 Å². The van der Waals surface area contributed by atoms with E-state index in [0.717, 1.165) is 32.1 Å². The second kappa shape index (κ2) is 8.09. The SMILES string of the molecule is CC1(C)[C@@H](CC(=O)NC2CCCCC2)C[C@H]1C(=O)NC1CCCCC1. The van der Waals surface area contributed by atoms with Gasteiger partial charge in [0.1, 0.15) is 0 Å². The fourth-order valence-electron chi connectivity index (χ4n) is 5.11. The Morgan fingerprint density at radius 1 is 0.840 bits per heavy atom. The maximum Gasteiger partial charge on any atom is 0.223 e. The fraction of sp³-hybridized carbons (Fsp3) is 0.905. The molecule has 0 aromatic rings. The van der Waals surface area contributed by atoms with Crippen molar-refractivity contribution in [3.63, 3.8) is 0 Å². The zero-order valence-corrected chi connectivity index (χ0v) is 16.1. The first-order valence-corrected chi connectivity index (χ1v) is 10.6. The molecule has 0 radical (unpaired) electrons. The second-order valence-corrected chi connectivity index (χ2v) is 9.26. The van der Waals surface area contributed by atoms with Gasteiger partial charge >= 0.3 is 0 Å². The molecule has 3 aliphatic rings. The molecule has 3 rings (SSSR count). The van der Waals surface area contributed by atoms with Crippen molar-refractivity contribution in [2.45, 2.75) is 103 Å². The molecule has 0 aliphatic heterocycles. The quantitative estimate of drug-likeness (QED) is 0.791. The van der Waals surface area contributed by atoms with Crippen molar-refractivity contribution in [2.75, 3.05) is 0 Å². The standard InChI is InChI=1S/C21H36N2O2/c1-21(2)15(14-19(24)22-16-9-5-3-6-10-16)13-18(21)20(25)23-17-11-7-4-8-12-17/h15-18H,3-14H2,1-2H3,(H,22,24)(H,23,25)/t15-,18+/m1/s1. The second-order valence-electron chi connectivity index (χ2n) is 9.26. The Morgan fingerprint density at radius 2 is 1.36 bits per heavy atom. The molecular weight excluding hydrogens is 312 g/mol. The van der Waals surface area contributed by atoms with Crippen molar-refractivity contribution in [1.29, 1.82) is 0 Å². The lowest BCUT2D eigenvalue weighted by Crippen LogP contribution is -2.55. The topological polar surface area (TPSA) is 58.2 Å². The van der Waals surface area contributed by atoms with Gasteiger partial charge in [0.05, 0.1) is 0 Å². The Bertz CT molecular complexity index is 476. The Balaban J connectivity index is 1.43. The van der Waals surface area contributed by atoms with Crippen molar-refractivity contribution >= 4 is 11.8 Å². The number of amides is 2. The number of carbonyl (C=O) groups excluding carboxylic acids is 2. The molecule has 2 N–H and O–H groups in total. The first-order valence-electron chi connectivity index (χ1n) is 10.6. The minimum Gasteiger partial charge on any atom is -0.353 e. The van der Waals surface area contributed by atoms with Crippen LogP contribution in [0.15, 0.2) is 0 Å². The lowest BCUT2D eigenvalue weighted by molar-refractivity contribution is -0.145. The van der Waals surface area contributed by atoms with Gasteiger partial charge < -0.3 is 10.6 Å². The maximum absolute atomic E-state index is 12.6. The molecule has 2 amide bonds. The average Bonchev–Trinajstić information content (AvgIpc) is 2.60. The third-order valence-electron chi connectivity index (χ3n) is 7.14. The summed E-state index contributed by atoms with van der Waals surface area (Å²) in [7, 11) is 0. The Hall–Kier alpha value is -1.06. The molecule has 0 saturated heterocycles. The molecule has 0 bridgehead atoms. The van der Waals surface area contributed by atoms with Gasteiger partial charge in [-0.25, -0.2) is 0 Å². The molecule has 4 heteroatoms. The molecule has 3 aliphatic carbocycles. The first kappa shape index (κ1) is 18.7. The van der Waals surface area contributed by atoms with Crippen LogP contribution in [0.1, 0.15) is 90.9 Å². The van der Waals surface area contributed by atoms with Crippen LogP contribution in [0.25, 0.3) is 0 Å². The van der Waals surface area contributed by atoms with Crippen molar-refractivity contribution in [3.05, 3.63) is 0 Å². The van der Waals surface area contributed by atoms with E-state index in [0.29, 0.717) is 24.4 Å². The molecule has 142 valence electrons. The predicted molar refractivity (Wildman–Crippen MR) is 100 cm³/mol. The Morgan fingerprint density at radius 3 is 1.88 bits per heavy atom. The van der Waals surface area contributed by atoms with Crippen LogP contribution in [-0.2, 0) is 9.59 Å². The number of nitrogens with one attached hydrogen (secondary N) is 2. The average molecular weight is 349 g/mol. The highest BCUT2D eigenvalue weighted by atomic mass is 16.2. The van der Waals surface area contributed by atoms with E-state index in [1.165, 1.54) is 38.5 Å². The zero-order chi connectivity index (χ0) is 17.9. The highest BCUT2D eigenvalue weighted by Crippen LogP contribution is 2.53. The van der Waals surface area contributed by atoms with Gasteiger partial charge in [-0.05, 0) is 43.4 Å². The molecule has 25 heavy (non-hydrogen) atoms. The van der Waals surface area contributed by atoms with Crippen LogP contribution in [-0.4, -0.2) is 23.9 Å².